The molecule has 1 atom stereocenters. The summed E-state index contributed by atoms with van der Waals surface area (Å²) < 4.78 is 3.74. The van der Waals surface area contributed by atoms with Crippen LogP contribution in [0.5, 0.6) is 0 Å². The molecule has 0 saturated carbocycles. The van der Waals surface area contributed by atoms with E-state index in [-0.39, 0.29) is 0 Å². The lowest BCUT2D eigenvalue weighted by molar-refractivity contribution is 0.412. The van der Waals surface area contributed by atoms with E-state index in [0.717, 1.165) is 36.5 Å². The topological polar surface area (TPSA) is 76.7 Å². The second-order valence-electron chi connectivity index (χ2n) is 6.02. The minimum atomic E-state index is 0.381. The van der Waals surface area contributed by atoms with Gasteiger partial charge in [0, 0.05) is 51.3 Å². The van der Waals surface area contributed by atoms with Gasteiger partial charge in [0.15, 0.2) is 0 Å². The van der Waals surface area contributed by atoms with Crippen molar-refractivity contribution in [1.29, 1.82) is 0 Å². The Balaban J connectivity index is 1.54. The standard InChI is InChI=1S/C16H19N8/c1-22-6-4-14(11-22)24-9-12(7-19-24)15-3-5-17-16(21-15)20-13-8-18-23(2)10-13/h3,5,7-10,14H,1,4,6,11H2,2H3,(H,17,20,21). The molecule has 0 aromatic carbocycles. The van der Waals surface area contributed by atoms with E-state index >= 15 is 0 Å². The van der Waals surface area contributed by atoms with Gasteiger partial charge in [0.1, 0.15) is 0 Å². The highest BCUT2D eigenvalue weighted by Gasteiger charge is 2.22. The van der Waals surface area contributed by atoms with Crippen molar-refractivity contribution < 1.29 is 0 Å². The third kappa shape index (κ3) is 3.00. The zero-order valence-corrected chi connectivity index (χ0v) is 13.5. The fourth-order valence-corrected chi connectivity index (χ4v) is 2.89. The number of nitrogens with zero attached hydrogens (tertiary/aromatic N) is 7. The largest absolute Gasteiger partial charge is 0.321 e. The molecule has 0 spiro atoms. The highest BCUT2D eigenvalue weighted by molar-refractivity contribution is 5.60. The van der Waals surface area contributed by atoms with Crippen LogP contribution in [0.3, 0.4) is 0 Å². The first-order chi connectivity index (χ1) is 11.7. The Kier molecular flexibility index (Phi) is 3.73. The maximum atomic E-state index is 4.57. The number of aromatic nitrogens is 6. The summed E-state index contributed by atoms with van der Waals surface area (Å²) in [7, 11) is 5.86. The lowest BCUT2D eigenvalue weighted by Crippen LogP contribution is -2.14. The lowest BCUT2D eigenvalue weighted by atomic mass is 10.2. The Labute approximate surface area is 140 Å². The van der Waals surface area contributed by atoms with Crippen molar-refractivity contribution in [3.05, 3.63) is 44.1 Å². The van der Waals surface area contributed by atoms with Crippen molar-refractivity contribution >= 4 is 11.6 Å². The molecule has 0 bridgehead atoms. The van der Waals surface area contributed by atoms with Gasteiger partial charge in [-0.1, -0.05) is 0 Å². The molecular weight excluding hydrogens is 304 g/mol. The number of anilines is 2. The van der Waals surface area contributed by atoms with Crippen LogP contribution >= 0.6 is 0 Å². The molecule has 3 aromatic rings. The number of aryl methyl sites for hydroxylation is 1. The summed E-state index contributed by atoms with van der Waals surface area (Å²) in [6.45, 7) is 1.94. The van der Waals surface area contributed by atoms with E-state index in [0.29, 0.717) is 12.0 Å². The van der Waals surface area contributed by atoms with Crippen LogP contribution in [-0.4, -0.2) is 47.5 Å². The second kappa shape index (κ2) is 6.04. The lowest BCUT2D eigenvalue weighted by Gasteiger charge is -2.10. The first-order valence-corrected chi connectivity index (χ1v) is 7.86. The average Bonchev–Trinajstić information content (AvgIpc) is 3.29. The van der Waals surface area contributed by atoms with Crippen molar-refractivity contribution in [3.63, 3.8) is 0 Å². The normalized spacial score (nSPS) is 18.2. The molecule has 0 aliphatic carbocycles. The first kappa shape index (κ1) is 14.8. The maximum absolute atomic E-state index is 4.57. The van der Waals surface area contributed by atoms with Crippen LogP contribution in [0.2, 0.25) is 0 Å². The summed E-state index contributed by atoms with van der Waals surface area (Å²) in [5.41, 5.74) is 2.67. The van der Waals surface area contributed by atoms with Crippen molar-refractivity contribution in [2.45, 2.75) is 12.5 Å². The summed E-state index contributed by atoms with van der Waals surface area (Å²) in [6.07, 6.45) is 10.3. The first-order valence-electron chi connectivity index (χ1n) is 7.86. The second-order valence-corrected chi connectivity index (χ2v) is 6.02. The smallest absolute Gasteiger partial charge is 0.227 e. The Bertz CT molecular complexity index is 836. The van der Waals surface area contributed by atoms with E-state index in [9.17, 15) is 0 Å². The van der Waals surface area contributed by atoms with E-state index in [1.54, 1.807) is 17.1 Å². The molecule has 4 rings (SSSR count). The van der Waals surface area contributed by atoms with Gasteiger partial charge in [-0.05, 0) is 12.5 Å². The quantitative estimate of drug-likeness (QED) is 0.790. The van der Waals surface area contributed by atoms with Crippen LogP contribution in [0.15, 0.2) is 37.1 Å². The van der Waals surface area contributed by atoms with Crippen LogP contribution < -0.4 is 5.32 Å². The molecule has 1 saturated heterocycles. The zero-order valence-electron chi connectivity index (χ0n) is 13.5. The molecule has 3 aromatic heterocycles. The van der Waals surface area contributed by atoms with E-state index < -0.39 is 0 Å². The minimum Gasteiger partial charge on any atom is -0.321 e. The summed E-state index contributed by atoms with van der Waals surface area (Å²) in [6, 6.07) is 2.27. The van der Waals surface area contributed by atoms with Gasteiger partial charge in [-0.2, -0.15) is 10.2 Å². The average molecular weight is 323 g/mol. The highest BCUT2D eigenvalue weighted by Crippen LogP contribution is 2.24. The highest BCUT2D eigenvalue weighted by atomic mass is 15.3. The van der Waals surface area contributed by atoms with Gasteiger partial charge in [-0.15, -0.1) is 0 Å². The van der Waals surface area contributed by atoms with Crippen molar-refractivity contribution in [1.82, 2.24) is 34.4 Å². The van der Waals surface area contributed by atoms with Crippen molar-refractivity contribution in [2.24, 2.45) is 7.05 Å². The molecule has 1 aliphatic heterocycles. The van der Waals surface area contributed by atoms with Gasteiger partial charge >= 0.3 is 0 Å². The molecule has 4 heterocycles. The summed E-state index contributed by atoms with van der Waals surface area (Å²) in [5.74, 6) is 0.540. The molecule has 1 fully saturated rings. The number of nitrogens with one attached hydrogen (secondary N) is 1. The van der Waals surface area contributed by atoms with Crippen molar-refractivity contribution in [3.8, 4) is 11.3 Å². The van der Waals surface area contributed by atoms with E-state index in [1.807, 2.05) is 36.4 Å². The SMILES string of the molecule is [CH2]N1CCC(n2cc(-c3ccnc(Nc4cnn(C)c4)n3)cn2)C1. The number of hydrogen-bond acceptors (Lipinski definition) is 6. The predicted molar refractivity (Wildman–Crippen MR) is 90.3 cm³/mol. The van der Waals surface area contributed by atoms with E-state index in [4.69, 9.17) is 0 Å². The summed E-state index contributed by atoms with van der Waals surface area (Å²) >= 11 is 0. The van der Waals surface area contributed by atoms with Gasteiger partial charge < -0.3 is 5.32 Å². The molecule has 24 heavy (non-hydrogen) atoms. The van der Waals surface area contributed by atoms with Gasteiger partial charge in [0.25, 0.3) is 0 Å². The molecule has 8 nitrogen and oxygen atoms in total. The van der Waals surface area contributed by atoms with Gasteiger partial charge in [-0.3, -0.25) is 14.3 Å². The molecule has 8 heteroatoms. The van der Waals surface area contributed by atoms with Gasteiger partial charge in [0.2, 0.25) is 5.95 Å². The van der Waals surface area contributed by atoms with Gasteiger partial charge in [0.05, 0.1) is 29.8 Å². The number of rotatable bonds is 4. The third-order valence-electron chi connectivity index (χ3n) is 4.14. The molecule has 1 N–H and O–H groups in total. The summed E-state index contributed by atoms with van der Waals surface area (Å²) in [5, 5.41) is 11.8. The van der Waals surface area contributed by atoms with Crippen LogP contribution in [0.1, 0.15) is 12.5 Å². The molecule has 1 unspecified atom stereocenters. The summed E-state index contributed by atoms with van der Waals surface area (Å²) in [4.78, 5) is 10.9. The Morgan fingerprint density at radius 3 is 2.92 bits per heavy atom. The van der Waals surface area contributed by atoms with Crippen molar-refractivity contribution in [2.75, 3.05) is 18.4 Å². The van der Waals surface area contributed by atoms with Crippen LogP contribution in [0, 0.1) is 7.05 Å². The minimum absolute atomic E-state index is 0.381. The predicted octanol–water partition coefficient (Wildman–Crippen LogP) is 1.86. The fourth-order valence-electron chi connectivity index (χ4n) is 2.89. The third-order valence-corrected chi connectivity index (χ3v) is 4.14. The van der Waals surface area contributed by atoms with E-state index in [2.05, 4.69) is 37.4 Å². The maximum Gasteiger partial charge on any atom is 0.227 e. The van der Waals surface area contributed by atoms with Gasteiger partial charge in [-0.25, -0.2) is 9.97 Å². The monoisotopic (exact) mass is 323 g/mol. The Morgan fingerprint density at radius 1 is 1.25 bits per heavy atom. The number of hydrogen-bond donors (Lipinski definition) is 1. The fraction of sp³-hybridized carbons (Fsp3) is 0.312. The molecule has 1 aliphatic rings. The molecule has 123 valence electrons. The zero-order chi connectivity index (χ0) is 16.5. The molecule has 1 radical (unpaired) electrons. The Morgan fingerprint density at radius 2 is 2.17 bits per heavy atom. The van der Waals surface area contributed by atoms with E-state index in [1.165, 1.54) is 0 Å². The molecule has 0 amide bonds. The van der Waals surface area contributed by atoms with Crippen LogP contribution in [0.4, 0.5) is 11.6 Å². The van der Waals surface area contributed by atoms with Crippen LogP contribution in [-0.2, 0) is 7.05 Å². The van der Waals surface area contributed by atoms with Crippen LogP contribution in [0.25, 0.3) is 11.3 Å². The Hall–Kier alpha value is -2.74. The number of likely N-dealkylation sites (tertiary alicyclic amines) is 1. The molecular formula is C16H19N8.